The fourth-order valence-corrected chi connectivity index (χ4v) is 4.47. The standard InChI is InChI=1S/C25H21N/c1-25(2)22-16-19-12-8-7-11-18(19)15-21(22)20-13-14-26(3)24(23(20)25)17-9-5-4-6-10-17/h4-16H,3H2,1-2H3. The van der Waals surface area contributed by atoms with Crippen molar-refractivity contribution in [2.45, 2.75) is 19.3 Å². The normalized spacial score (nSPS) is 15.5. The molecular formula is C25H21N. The van der Waals surface area contributed by atoms with Gasteiger partial charge < -0.3 is 0 Å². The highest BCUT2D eigenvalue weighted by atomic mass is 14.8. The fourth-order valence-electron chi connectivity index (χ4n) is 4.47. The highest BCUT2D eigenvalue weighted by molar-refractivity contribution is 5.66. The second kappa shape index (κ2) is 5.22. The molecule has 5 rings (SSSR count). The van der Waals surface area contributed by atoms with E-state index in [1.54, 1.807) is 0 Å². The van der Waals surface area contributed by atoms with Gasteiger partial charge in [-0.2, -0.15) is 4.24 Å². The molecule has 0 radical (unpaired) electrons. The van der Waals surface area contributed by atoms with E-state index in [-0.39, 0.29) is 5.41 Å². The first-order valence-electron chi connectivity index (χ1n) is 9.06. The van der Waals surface area contributed by atoms with E-state index < -0.39 is 0 Å². The molecule has 0 bridgehead atoms. The Morgan fingerprint density at radius 1 is 1.00 bits per heavy atom. The van der Waals surface area contributed by atoms with Crippen LogP contribution in [-0.2, 0) is 5.41 Å². The highest BCUT2D eigenvalue weighted by Crippen LogP contribution is 2.41. The molecule has 1 heterocycles. The molecule has 2 aromatic carbocycles. The fraction of sp³-hybridized carbons (Fsp3) is 0.120. The number of rotatable bonds is 1. The lowest BCUT2D eigenvalue weighted by atomic mass is 9.79. The maximum absolute atomic E-state index is 4.27. The number of pyridine rings is 1. The molecule has 1 nitrogen and oxygen atoms in total. The molecule has 0 unspecified atom stereocenters. The zero-order valence-electron chi connectivity index (χ0n) is 15.2. The summed E-state index contributed by atoms with van der Waals surface area (Å²) in [5.41, 5.74) is 6.40. The highest BCUT2D eigenvalue weighted by Gasteiger charge is 2.36. The lowest BCUT2D eigenvalue weighted by Gasteiger charge is -2.24. The Labute approximate surface area is 153 Å². The Balaban J connectivity index is 1.97. The summed E-state index contributed by atoms with van der Waals surface area (Å²) in [6.45, 7) is 8.94. The van der Waals surface area contributed by atoms with Gasteiger partial charge in [0.25, 0.3) is 0 Å². The summed E-state index contributed by atoms with van der Waals surface area (Å²) in [5, 5.41) is 3.98. The molecule has 126 valence electrons. The lowest BCUT2D eigenvalue weighted by molar-refractivity contribution is -0.486. The minimum Gasteiger partial charge on any atom is -0.173 e. The molecule has 26 heavy (non-hydrogen) atoms. The predicted molar refractivity (Wildman–Crippen MR) is 106 cm³/mol. The number of nitrogens with zero attached hydrogens (tertiary/aromatic N) is 1. The van der Waals surface area contributed by atoms with Crippen LogP contribution < -0.4 is 9.46 Å². The van der Waals surface area contributed by atoms with Gasteiger partial charge in [0.2, 0.25) is 5.69 Å². The molecule has 0 spiro atoms. The van der Waals surface area contributed by atoms with Gasteiger partial charge in [-0.05, 0) is 22.9 Å². The molecule has 0 N–H and O–H groups in total. The maximum Gasteiger partial charge on any atom is 0.222 e. The first-order chi connectivity index (χ1) is 12.6. The van der Waals surface area contributed by atoms with Crippen LogP contribution in [-0.4, -0.2) is 0 Å². The average Bonchev–Trinajstić information content (AvgIpc) is 2.88. The monoisotopic (exact) mass is 335 g/mol. The molecule has 0 amide bonds. The van der Waals surface area contributed by atoms with Gasteiger partial charge in [-0.3, -0.25) is 0 Å². The molecule has 1 heteroatoms. The molecule has 3 aromatic rings. The largest absolute Gasteiger partial charge is 0.222 e. The number of fused-ring (bicyclic) bond motifs is 3. The Morgan fingerprint density at radius 2 is 1.81 bits per heavy atom. The third-order valence-corrected chi connectivity index (χ3v) is 5.74. The molecule has 0 atom stereocenters. The van der Waals surface area contributed by atoms with Crippen molar-refractivity contribution in [1.29, 1.82) is 0 Å². The van der Waals surface area contributed by atoms with Crippen LogP contribution in [0.5, 0.6) is 0 Å². The van der Waals surface area contributed by atoms with E-state index in [0.29, 0.717) is 0 Å². The smallest absolute Gasteiger partial charge is 0.173 e. The van der Waals surface area contributed by atoms with Gasteiger partial charge in [-0.1, -0.05) is 43.3 Å². The van der Waals surface area contributed by atoms with Gasteiger partial charge in [-0.25, -0.2) is 0 Å². The number of hydrogen-bond acceptors (Lipinski definition) is 0. The van der Waals surface area contributed by atoms with Crippen LogP contribution in [0.15, 0.2) is 66.9 Å². The number of benzene rings is 2. The van der Waals surface area contributed by atoms with E-state index >= 15 is 0 Å². The van der Waals surface area contributed by atoms with E-state index in [2.05, 4.69) is 99.9 Å². The second-order valence-corrected chi connectivity index (χ2v) is 7.66. The SMILES string of the molecule is C=[n+]1ccc2c(c1-c1ccccc1)C(C)(C)c1cc3c(cc1=2)[CH-]C=CC=3. The molecular weight excluding hydrogens is 314 g/mol. The Bertz CT molecular complexity index is 1280. The summed E-state index contributed by atoms with van der Waals surface area (Å²) >= 11 is 0. The van der Waals surface area contributed by atoms with Crippen LogP contribution in [0.3, 0.4) is 0 Å². The zero-order chi connectivity index (χ0) is 17.9. The predicted octanol–water partition coefficient (Wildman–Crippen LogP) is 4.11. The van der Waals surface area contributed by atoms with Crippen molar-refractivity contribution in [2.24, 2.45) is 0 Å². The summed E-state index contributed by atoms with van der Waals surface area (Å²) in [5.74, 6) is 0. The van der Waals surface area contributed by atoms with Crippen LogP contribution in [0.1, 0.15) is 30.5 Å². The first kappa shape index (κ1) is 15.2. The summed E-state index contributed by atoms with van der Waals surface area (Å²) in [7, 11) is 0. The second-order valence-electron chi connectivity index (χ2n) is 7.66. The van der Waals surface area contributed by atoms with Crippen molar-refractivity contribution in [3.05, 3.63) is 112 Å². The summed E-state index contributed by atoms with van der Waals surface area (Å²) in [6, 6.07) is 17.5. The van der Waals surface area contributed by atoms with Gasteiger partial charge in [0.15, 0.2) is 6.20 Å². The van der Waals surface area contributed by atoms with Gasteiger partial charge in [-0.15, -0.1) is 41.5 Å². The van der Waals surface area contributed by atoms with E-state index in [1.165, 1.54) is 43.6 Å². The van der Waals surface area contributed by atoms with Gasteiger partial charge in [0, 0.05) is 22.6 Å². The lowest BCUT2D eigenvalue weighted by Crippen LogP contribution is -2.26. The quantitative estimate of drug-likeness (QED) is 0.466. The minimum atomic E-state index is -0.0689. The molecule has 0 saturated heterocycles. The van der Waals surface area contributed by atoms with E-state index in [1.807, 2.05) is 4.24 Å². The van der Waals surface area contributed by atoms with Crippen molar-refractivity contribution >= 4 is 6.08 Å². The van der Waals surface area contributed by atoms with Crippen molar-refractivity contribution in [1.82, 2.24) is 0 Å². The van der Waals surface area contributed by atoms with Crippen LogP contribution in [0.25, 0.3) is 17.3 Å². The van der Waals surface area contributed by atoms with Crippen molar-refractivity contribution < 1.29 is 4.24 Å². The molecule has 1 aromatic heterocycles. The Hall–Kier alpha value is -3.06. The van der Waals surface area contributed by atoms with Gasteiger partial charge >= 0.3 is 0 Å². The third kappa shape index (κ3) is 1.97. The van der Waals surface area contributed by atoms with Crippen LogP contribution in [0.4, 0.5) is 0 Å². The number of hydrogen-bond donors (Lipinski definition) is 0. The minimum absolute atomic E-state index is 0.0689. The van der Waals surface area contributed by atoms with Crippen LogP contribution >= 0.6 is 0 Å². The third-order valence-electron chi connectivity index (χ3n) is 5.74. The van der Waals surface area contributed by atoms with Crippen LogP contribution in [0.2, 0.25) is 0 Å². The van der Waals surface area contributed by atoms with Crippen molar-refractivity contribution in [3.63, 3.8) is 0 Å². The van der Waals surface area contributed by atoms with E-state index in [4.69, 9.17) is 0 Å². The van der Waals surface area contributed by atoms with Gasteiger partial charge in [0.1, 0.15) is 6.72 Å². The molecule has 2 aliphatic rings. The molecule has 0 saturated carbocycles. The molecule has 2 aliphatic carbocycles. The molecule has 0 fully saturated rings. The summed E-state index contributed by atoms with van der Waals surface area (Å²) in [4.78, 5) is 0. The Kier molecular flexibility index (Phi) is 3.05. The maximum atomic E-state index is 4.27. The van der Waals surface area contributed by atoms with E-state index in [0.717, 1.165) is 0 Å². The van der Waals surface area contributed by atoms with Crippen molar-refractivity contribution in [2.75, 3.05) is 0 Å². The van der Waals surface area contributed by atoms with Crippen molar-refractivity contribution in [3.8, 4) is 11.3 Å². The topological polar surface area (TPSA) is 5.90 Å². The summed E-state index contributed by atoms with van der Waals surface area (Å²) < 4.78 is 2.02. The molecule has 0 aliphatic heterocycles. The average molecular weight is 335 g/mol. The zero-order valence-corrected chi connectivity index (χ0v) is 15.2. The van der Waals surface area contributed by atoms with Gasteiger partial charge in [0.05, 0.1) is 0 Å². The Morgan fingerprint density at radius 3 is 2.62 bits per heavy atom. The first-order valence-corrected chi connectivity index (χ1v) is 9.06. The van der Waals surface area contributed by atoms with E-state index in [9.17, 15) is 0 Å². The summed E-state index contributed by atoms with van der Waals surface area (Å²) in [6.07, 6.45) is 10.7. The van der Waals surface area contributed by atoms with Crippen LogP contribution in [0, 0.1) is 23.6 Å². The number of aromatic nitrogens is 1. The number of allylic oxidation sites excluding steroid dienone is 2.